The van der Waals surface area contributed by atoms with Crippen LogP contribution in [-0.2, 0) is 14.3 Å². The van der Waals surface area contributed by atoms with E-state index in [-0.39, 0.29) is 18.1 Å². The molecule has 5 heteroatoms. The molecule has 3 atom stereocenters. The van der Waals surface area contributed by atoms with Crippen LogP contribution < -0.4 is 5.32 Å². The molecule has 1 heterocycles. The first-order chi connectivity index (χ1) is 10.1. The fourth-order valence-electron chi connectivity index (χ4n) is 2.29. The van der Waals surface area contributed by atoms with Crippen molar-refractivity contribution in [3.05, 3.63) is 34.3 Å². The van der Waals surface area contributed by atoms with Crippen molar-refractivity contribution in [2.24, 2.45) is 0 Å². The van der Waals surface area contributed by atoms with Crippen molar-refractivity contribution >= 4 is 21.8 Å². The van der Waals surface area contributed by atoms with Crippen molar-refractivity contribution in [3.63, 3.8) is 0 Å². The number of rotatable bonds is 6. The molecule has 1 aromatic rings. The second kappa shape index (κ2) is 7.92. The standard InChI is InChI=1S/C16H22BrNO3/c1-11(13-5-3-6-14(17)9-13)18-16(19)12(2)21-10-15-7-4-8-20-15/h3,5-6,9,11-12,15H,4,7-8,10H2,1-2H3,(H,18,19). The number of halogens is 1. The van der Waals surface area contributed by atoms with E-state index in [0.717, 1.165) is 29.5 Å². The molecule has 0 bridgehead atoms. The minimum atomic E-state index is -0.469. The first-order valence-electron chi connectivity index (χ1n) is 7.35. The Bertz CT molecular complexity index is 474. The number of hydrogen-bond acceptors (Lipinski definition) is 3. The summed E-state index contributed by atoms with van der Waals surface area (Å²) in [5.41, 5.74) is 1.06. The normalized spacial score (nSPS) is 21.0. The third-order valence-corrected chi connectivity index (χ3v) is 4.13. The molecule has 1 aromatic carbocycles. The van der Waals surface area contributed by atoms with Crippen LogP contribution in [0.2, 0.25) is 0 Å². The van der Waals surface area contributed by atoms with E-state index >= 15 is 0 Å². The summed E-state index contributed by atoms with van der Waals surface area (Å²) in [6.07, 6.45) is 1.77. The fourth-order valence-corrected chi connectivity index (χ4v) is 2.71. The van der Waals surface area contributed by atoms with E-state index in [2.05, 4.69) is 21.2 Å². The molecular weight excluding hydrogens is 334 g/mol. The highest BCUT2D eigenvalue weighted by Crippen LogP contribution is 2.18. The monoisotopic (exact) mass is 355 g/mol. The minimum Gasteiger partial charge on any atom is -0.376 e. The quantitative estimate of drug-likeness (QED) is 0.852. The lowest BCUT2D eigenvalue weighted by molar-refractivity contribution is -0.134. The van der Waals surface area contributed by atoms with Crippen molar-refractivity contribution in [1.29, 1.82) is 0 Å². The summed E-state index contributed by atoms with van der Waals surface area (Å²) in [6.45, 7) is 5.03. The second-order valence-corrected chi connectivity index (χ2v) is 6.31. The minimum absolute atomic E-state index is 0.0521. The van der Waals surface area contributed by atoms with Gasteiger partial charge in [0.25, 0.3) is 0 Å². The van der Waals surface area contributed by atoms with E-state index in [4.69, 9.17) is 9.47 Å². The molecule has 0 spiro atoms. The van der Waals surface area contributed by atoms with E-state index in [0.29, 0.717) is 6.61 Å². The topological polar surface area (TPSA) is 47.6 Å². The maximum Gasteiger partial charge on any atom is 0.249 e. The highest BCUT2D eigenvalue weighted by molar-refractivity contribution is 9.10. The first kappa shape index (κ1) is 16.5. The summed E-state index contributed by atoms with van der Waals surface area (Å²) in [6, 6.07) is 7.87. The molecule has 0 aliphatic carbocycles. The van der Waals surface area contributed by atoms with Crippen molar-refractivity contribution in [1.82, 2.24) is 5.32 Å². The lowest BCUT2D eigenvalue weighted by Crippen LogP contribution is -2.37. The molecule has 1 saturated heterocycles. The third kappa shape index (κ3) is 5.09. The van der Waals surface area contributed by atoms with Crippen LogP contribution in [-0.4, -0.2) is 31.3 Å². The number of carbonyl (C=O) groups is 1. The van der Waals surface area contributed by atoms with Gasteiger partial charge in [0.1, 0.15) is 6.10 Å². The Morgan fingerprint density at radius 3 is 3.00 bits per heavy atom. The van der Waals surface area contributed by atoms with Gasteiger partial charge in [-0.05, 0) is 44.4 Å². The SMILES string of the molecule is CC(OCC1CCCO1)C(=O)NC(C)c1cccc(Br)c1. The average molecular weight is 356 g/mol. The van der Waals surface area contributed by atoms with Crippen LogP contribution in [0.3, 0.4) is 0 Å². The highest BCUT2D eigenvalue weighted by Gasteiger charge is 2.21. The summed E-state index contributed by atoms with van der Waals surface area (Å²) in [5.74, 6) is -0.0968. The molecule has 1 fully saturated rings. The smallest absolute Gasteiger partial charge is 0.249 e. The van der Waals surface area contributed by atoms with Gasteiger partial charge in [0.2, 0.25) is 5.91 Å². The van der Waals surface area contributed by atoms with Crippen LogP contribution in [0.1, 0.15) is 38.3 Å². The number of ether oxygens (including phenoxy) is 2. The zero-order valence-electron chi connectivity index (χ0n) is 12.5. The molecule has 3 unspecified atom stereocenters. The van der Waals surface area contributed by atoms with E-state index in [1.165, 1.54) is 0 Å². The van der Waals surface area contributed by atoms with Crippen LogP contribution in [0.4, 0.5) is 0 Å². The van der Waals surface area contributed by atoms with Gasteiger partial charge in [0, 0.05) is 11.1 Å². The van der Waals surface area contributed by atoms with Crippen molar-refractivity contribution in [2.75, 3.05) is 13.2 Å². The van der Waals surface area contributed by atoms with Gasteiger partial charge in [-0.15, -0.1) is 0 Å². The van der Waals surface area contributed by atoms with E-state index in [1.54, 1.807) is 6.92 Å². The van der Waals surface area contributed by atoms with Crippen molar-refractivity contribution in [3.8, 4) is 0 Å². The van der Waals surface area contributed by atoms with E-state index < -0.39 is 6.10 Å². The highest BCUT2D eigenvalue weighted by atomic mass is 79.9. The van der Waals surface area contributed by atoms with Crippen LogP contribution >= 0.6 is 15.9 Å². The van der Waals surface area contributed by atoms with Crippen LogP contribution in [0.25, 0.3) is 0 Å². The third-order valence-electron chi connectivity index (χ3n) is 3.63. The molecular formula is C16H22BrNO3. The van der Waals surface area contributed by atoms with Crippen molar-refractivity contribution in [2.45, 2.75) is 44.9 Å². The Kier molecular flexibility index (Phi) is 6.21. The Hall–Kier alpha value is -0.910. The molecule has 0 radical (unpaired) electrons. The van der Waals surface area contributed by atoms with Crippen LogP contribution in [0, 0.1) is 0 Å². The van der Waals surface area contributed by atoms with E-state index in [1.807, 2.05) is 31.2 Å². The lowest BCUT2D eigenvalue weighted by atomic mass is 10.1. The molecule has 2 rings (SSSR count). The van der Waals surface area contributed by atoms with Gasteiger partial charge in [-0.2, -0.15) is 0 Å². The summed E-state index contributed by atoms with van der Waals surface area (Å²) >= 11 is 3.44. The maximum atomic E-state index is 12.1. The Morgan fingerprint density at radius 2 is 2.33 bits per heavy atom. The molecule has 1 aliphatic heterocycles. The lowest BCUT2D eigenvalue weighted by Gasteiger charge is -2.19. The predicted molar refractivity (Wildman–Crippen MR) is 85.1 cm³/mol. The molecule has 1 amide bonds. The van der Waals surface area contributed by atoms with Crippen LogP contribution in [0.5, 0.6) is 0 Å². The second-order valence-electron chi connectivity index (χ2n) is 5.40. The van der Waals surface area contributed by atoms with Gasteiger partial charge < -0.3 is 14.8 Å². The Morgan fingerprint density at radius 1 is 1.52 bits per heavy atom. The summed E-state index contributed by atoms with van der Waals surface area (Å²) in [4.78, 5) is 12.1. The molecule has 0 aromatic heterocycles. The zero-order chi connectivity index (χ0) is 15.2. The fraction of sp³-hybridized carbons (Fsp3) is 0.562. The predicted octanol–water partition coefficient (Wildman–Crippen LogP) is 3.21. The van der Waals surface area contributed by atoms with Crippen molar-refractivity contribution < 1.29 is 14.3 Å². The maximum absolute atomic E-state index is 12.1. The zero-order valence-corrected chi connectivity index (χ0v) is 14.1. The van der Waals surface area contributed by atoms with Gasteiger partial charge in [0.15, 0.2) is 0 Å². The Labute approximate surface area is 134 Å². The number of hydrogen-bond donors (Lipinski definition) is 1. The van der Waals surface area contributed by atoms with Gasteiger partial charge in [-0.25, -0.2) is 0 Å². The number of nitrogens with one attached hydrogen (secondary N) is 1. The molecule has 1 aliphatic rings. The summed E-state index contributed by atoms with van der Waals surface area (Å²) in [5, 5.41) is 2.97. The van der Waals surface area contributed by atoms with Gasteiger partial charge in [-0.1, -0.05) is 28.1 Å². The average Bonchev–Trinajstić information content (AvgIpc) is 2.97. The number of carbonyl (C=O) groups excluding carboxylic acids is 1. The molecule has 1 N–H and O–H groups in total. The number of amides is 1. The largest absolute Gasteiger partial charge is 0.376 e. The van der Waals surface area contributed by atoms with Gasteiger partial charge >= 0.3 is 0 Å². The van der Waals surface area contributed by atoms with Crippen LogP contribution in [0.15, 0.2) is 28.7 Å². The molecule has 0 saturated carbocycles. The number of benzene rings is 1. The van der Waals surface area contributed by atoms with Gasteiger partial charge in [0.05, 0.1) is 18.8 Å². The Balaban J connectivity index is 1.79. The molecule has 4 nitrogen and oxygen atoms in total. The summed E-state index contributed by atoms with van der Waals surface area (Å²) in [7, 11) is 0. The van der Waals surface area contributed by atoms with E-state index in [9.17, 15) is 4.79 Å². The molecule has 116 valence electrons. The van der Waals surface area contributed by atoms with Gasteiger partial charge in [-0.3, -0.25) is 4.79 Å². The molecule has 21 heavy (non-hydrogen) atoms. The summed E-state index contributed by atoms with van der Waals surface area (Å²) < 4.78 is 12.1. The first-order valence-corrected chi connectivity index (χ1v) is 8.14.